The first kappa shape index (κ1) is 42.4. The highest BCUT2D eigenvalue weighted by Gasteiger charge is 2.48. The Morgan fingerprint density at radius 3 is 2.81 bits per heavy atom. The predicted octanol–water partition coefficient (Wildman–Crippen LogP) is 5.19. The normalized spacial score (nSPS) is 27.7. The van der Waals surface area contributed by atoms with Crippen molar-refractivity contribution in [2.45, 2.75) is 88.7 Å². The third-order valence-corrected chi connectivity index (χ3v) is 12.4. The monoisotopic (exact) mass is 844 g/mol. The molecule has 0 radical (unpaired) electrons. The van der Waals surface area contributed by atoms with E-state index < -0.39 is 24.3 Å². The summed E-state index contributed by atoms with van der Waals surface area (Å²) in [5.74, 6) is 6.65. The first-order valence-electron chi connectivity index (χ1n) is 21.6. The molecular formula is C48H56N6O8. The van der Waals surface area contributed by atoms with Gasteiger partial charge in [0.1, 0.15) is 12.2 Å². The second-order valence-electron chi connectivity index (χ2n) is 16.8. The molecule has 5 aliphatic rings. The highest BCUT2D eigenvalue weighted by atomic mass is 16.6. The second kappa shape index (κ2) is 19.2. The van der Waals surface area contributed by atoms with Crippen LogP contribution in [0, 0.1) is 35.5 Å². The Morgan fingerprint density at radius 2 is 1.98 bits per heavy atom. The van der Waals surface area contributed by atoms with E-state index >= 15 is 0 Å². The third-order valence-electron chi connectivity index (χ3n) is 12.4. The SMILES string of the molecule is CC(=O)OC1CC(c2cc(O)c(O)c(OCCc3cccnc3)c2)OC2C1C=CC1C#CC3C(NC(N)=NCCCC4=CCNC(N)=C4)CCCC3Oc3cc(ccc3O)CC12. The zero-order chi connectivity index (χ0) is 43.2. The van der Waals surface area contributed by atoms with Gasteiger partial charge in [-0.3, -0.25) is 14.8 Å². The van der Waals surface area contributed by atoms with Crippen LogP contribution in [0.2, 0.25) is 0 Å². The first-order valence-corrected chi connectivity index (χ1v) is 21.6. The Bertz CT molecular complexity index is 2290. The quantitative estimate of drug-likeness (QED) is 0.0252. The number of phenolic OH excluding ortho intramolecular Hbond substituents is 3. The van der Waals surface area contributed by atoms with E-state index in [1.165, 1.54) is 18.6 Å². The maximum Gasteiger partial charge on any atom is 0.302 e. The fraction of sp³-hybridized carbons (Fsp3) is 0.438. The largest absolute Gasteiger partial charge is 0.504 e. The summed E-state index contributed by atoms with van der Waals surface area (Å²) >= 11 is 0. The molecule has 9 atom stereocenters. The van der Waals surface area contributed by atoms with E-state index in [-0.39, 0.29) is 65.4 Å². The standard InChI is InChI=1S/C48H56N6O8/c1-28(55)60-42-26-41(33-24-39(57)46(58)44(25-33)59-20-16-30-6-3-17-51-27-30)62-47-35(42)13-11-32-10-12-34-37(54-48(50)53-18-4-5-29-15-19-52-45(49)23-29)7-2-8-40(34)61-43-22-31(21-36(32)47)9-14-38(43)56/h3,6,9,11,13-15,17,22-25,27,32,34-37,40-42,47,52,56-58H,2,4-5,7-8,16,18-21,26,49H2,1H3,(H3,50,53,54). The number of carbonyl (C=O) groups excluding carboxylic acids is 1. The van der Waals surface area contributed by atoms with Crippen LogP contribution in [-0.4, -0.2) is 76.3 Å². The molecule has 2 aliphatic carbocycles. The molecule has 8 rings (SSSR count). The minimum Gasteiger partial charge on any atom is -0.504 e. The Balaban J connectivity index is 1.06. The van der Waals surface area contributed by atoms with Crippen molar-refractivity contribution in [1.82, 2.24) is 15.6 Å². The lowest BCUT2D eigenvalue weighted by atomic mass is 9.69. The number of allylic oxidation sites excluding steroid dienone is 3. The van der Waals surface area contributed by atoms with Crippen LogP contribution >= 0.6 is 0 Å². The number of guanidine groups is 1. The predicted molar refractivity (Wildman–Crippen MR) is 233 cm³/mol. The summed E-state index contributed by atoms with van der Waals surface area (Å²) in [5.41, 5.74) is 16.1. The molecule has 0 spiro atoms. The number of carbonyl (C=O) groups is 1. The Morgan fingerprint density at radius 1 is 1.10 bits per heavy atom. The van der Waals surface area contributed by atoms with E-state index in [0.29, 0.717) is 48.9 Å². The number of aromatic nitrogens is 1. The average molecular weight is 845 g/mol. The van der Waals surface area contributed by atoms with Crippen LogP contribution in [0.1, 0.15) is 68.2 Å². The molecule has 9 N–H and O–H groups in total. The molecule has 2 fully saturated rings. The van der Waals surface area contributed by atoms with Crippen molar-refractivity contribution in [2.24, 2.45) is 40.1 Å². The number of aliphatic imine (C=N–C) groups is 1. The fourth-order valence-corrected chi connectivity index (χ4v) is 9.37. The maximum atomic E-state index is 12.6. The molecule has 0 amide bonds. The summed E-state index contributed by atoms with van der Waals surface area (Å²) < 4.78 is 25.7. The molecule has 326 valence electrons. The Labute approximate surface area is 362 Å². The highest BCUT2D eigenvalue weighted by molar-refractivity contribution is 5.78. The molecule has 2 aromatic carbocycles. The van der Waals surface area contributed by atoms with Gasteiger partial charge >= 0.3 is 5.97 Å². The molecule has 14 heteroatoms. The van der Waals surface area contributed by atoms with Gasteiger partial charge in [0.2, 0.25) is 5.75 Å². The molecule has 4 heterocycles. The zero-order valence-corrected chi connectivity index (χ0v) is 34.9. The summed E-state index contributed by atoms with van der Waals surface area (Å²) in [6.07, 6.45) is 15.2. The van der Waals surface area contributed by atoms with Crippen molar-refractivity contribution in [3.63, 3.8) is 0 Å². The molecule has 2 bridgehead atoms. The summed E-state index contributed by atoms with van der Waals surface area (Å²) in [5, 5.41) is 39.4. The topological polar surface area (TPSA) is 216 Å². The number of benzene rings is 2. The number of dihydropyridines is 1. The van der Waals surface area contributed by atoms with Crippen LogP contribution in [0.5, 0.6) is 28.7 Å². The molecular weight excluding hydrogens is 789 g/mol. The molecule has 1 saturated carbocycles. The van der Waals surface area contributed by atoms with E-state index in [0.717, 1.165) is 49.8 Å². The number of pyridine rings is 1. The summed E-state index contributed by atoms with van der Waals surface area (Å²) in [6.45, 7) is 2.91. The maximum absolute atomic E-state index is 12.6. The molecule has 14 nitrogen and oxygen atoms in total. The average Bonchev–Trinajstić information content (AvgIpc) is 3.27. The summed E-state index contributed by atoms with van der Waals surface area (Å²) in [7, 11) is 0. The van der Waals surface area contributed by atoms with E-state index in [2.05, 4.69) is 50.7 Å². The van der Waals surface area contributed by atoms with Crippen molar-refractivity contribution in [2.75, 3.05) is 19.7 Å². The third kappa shape index (κ3) is 10.1. The van der Waals surface area contributed by atoms with Gasteiger partial charge in [0.15, 0.2) is 29.0 Å². The molecule has 3 aromatic rings. The van der Waals surface area contributed by atoms with Crippen LogP contribution < -0.4 is 31.6 Å². The lowest BCUT2D eigenvalue weighted by Crippen LogP contribution is -2.51. The van der Waals surface area contributed by atoms with Gasteiger partial charge in [-0.05, 0) is 97.2 Å². The number of nitrogens with zero attached hydrogens (tertiary/aromatic N) is 2. The number of nitrogens with one attached hydrogen (secondary N) is 2. The number of esters is 1. The van der Waals surface area contributed by atoms with Crippen molar-refractivity contribution < 1.29 is 39.1 Å². The van der Waals surface area contributed by atoms with Gasteiger partial charge in [-0.1, -0.05) is 42.2 Å². The molecule has 9 unspecified atom stereocenters. The van der Waals surface area contributed by atoms with Crippen LogP contribution in [0.4, 0.5) is 0 Å². The number of fused-ring (bicyclic) bond motifs is 6. The smallest absolute Gasteiger partial charge is 0.302 e. The molecule has 1 saturated heterocycles. The van der Waals surface area contributed by atoms with Crippen molar-refractivity contribution in [3.05, 3.63) is 107 Å². The van der Waals surface area contributed by atoms with Gasteiger partial charge in [0.05, 0.1) is 30.6 Å². The van der Waals surface area contributed by atoms with Crippen molar-refractivity contribution in [3.8, 4) is 40.6 Å². The summed E-state index contributed by atoms with van der Waals surface area (Å²) in [6, 6.07) is 12.2. The highest BCUT2D eigenvalue weighted by Crippen LogP contribution is 2.48. The van der Waals surface area contributed by atoms with Crippen LogP contribution in [-0.2, 0) is 27.1 Å². The van der Waals surface area contributed by atoms with Crippen LogP contribution in [0.25, 0.3) is 0 Å². The number of aromatic hydroxyl groups is 3. The van der Waals surface area contributed by atoms with Gasteiger partial charge in [-0.25, -0.2) is 0 Å². The van der Waals surface area contributed by atoms with Gasteiger partial charge < -0.3 is 56.4 Å². The summed E-state index contributed by atoms with van der Waals surface area (Å²) in [4.78, 5) is 21.4. The van der Waals surface area contributed by atoms with Gasteiger partial charge in [0.25, 0.3) is 0 Å². The number of hydrogen-bond donors (Lipinski definition) is 7. The van der Waals surface area contributed by atoms with Crippen LogP contribution in [0.3, 0.4) is 0 Å². The van der Waals surface area contributed by atoms with Gasteiger partial charge in [-0.2, -0.15) is 0 Å². The lowest BCUT2D eigenvalue weighted by molar-refractivity contribution is -0.179. The second-order valence-corrected chi connectivity index (χ2v) is 16.8. The van der Waals surface area contributed by atoms with E-state index in [1.54, 1.807) is 24.5 Å². The number of rotatable bonds is 11. The fourth-order valence-electron chi connectivity index (χ4n) is 9.37. The molecule has 3 aliphatic heterocycles. The number of ether oxygens (including phenoxy) is 4. The minimum atomic E-state index is -0.630. The molecule has 1 aromatic heterocycles. The molecule has 62 heavy (non-hydrogen) atoms. The Kier molecular flexibility index (Phi) is 13.1. The van der Waals surface area contributed by atoms with Gasteiger partial charge in [-0.15, -0.1) is 0 Å². The lowest BCUT2D eigenvalue weighted by Gasteiger charge is -2.47. The number of nitrogens with two attached hydrogens (primary N) is 2. The van der Waals surface area contributed by atoms with E-state index in [9.17, 15) is 20.1 Å². The number of hydrogen-bond acceptors (Lipinski definition) is 12. The van der Waals surface area contributed by atoms with Crippen LogP contribution in [0.15, 0.2) is 95.5 Å². The van der Waals surface area contributed by atoms with Crippen molar-refractivity contribution in [1.29, 1.82) is 0 Å². The number of phenols is 3. The zero-order valence-electron chi connectivity index (χ0n) is 34.9. The van der Waals surface area contributed by atoms with Crippen molar-refractivity contribution >= 4 is 11.9 Å². The minimum absolute atomic E-state index is 0.0452. The Hall–Kier alpha value is -6.33. The van der Waals surface area contributed by atoms with E-state index in [4.69, 9.17) is 30.4 Å². The first-order chi connectivity index (χ1) is 30.1. The van der Waals surface area contributed by atoms with E-state index in [1.807, 2.05) is 30.3 Å². The van der Waals surface area contributed by atoms with Gasteiger partial charge in [0, 0.05) is 69.0 Å².